The lowest BCUT2D eigenvalue weighted by atomic mass is 9.76. The number of anilines is 1. The molecule has 4 atom stereocenters. The number of morpholine rings is 1. The van der Waals surface area contributed by atoms with Crippen LogP contribution in [0.2, 0.25) is 6.82 Å². The molecule has 4 aliphatic heterocycles. The van der Waals surface area contributed by atoms with E-state index in [0.29, 0.717) is 19.3 Å². The minimum atomic E-state index is -0.468. The van der Waals surface area contributed by atoms with E-state index in [1.54, 1.807) is 23.9 Å². The third-order valence-corrected chi connectivity index (χ3v) is 9.07. The van der Waals surface area contributed by atoms with E-state index in [2.05, 4.69) is 56.9 Å². The van der Waals surface area contributed by atoms with Gasteiger partial charge in [0.1, 0.15) is 5.65 Å². The van der Waals surface area contributed by atoms with E-state index < -0.39 is 7.05 Å². The molecule has 1 N–H and O–H groups in total. The van der Waals surface area contributed by atoms with E-state index in [-0.39, 0.29) is 23.7 Å². The fraction of sp³-hybridized carbons (Fsp3) is 0.448. The molecule has 9 heteroatoms. The first-order chi connectivity index (χ1) is 18.4. The molecule has 7 rings (SSSR count). The van der Waals surface area contributed by atoms with Crippen molar-refractivity contribution < 1.29 is 9.76 Å². The van der Waals surface area contributed by atoms with Crippen LogP contribution < -0.4 is 10.5 Å². The van der Waals surface area contributed by atoms with Crippen molar-refractivity contribution in [1.82, 2.24) is 19.3 Å². The smallest absolute Gasteiger partial charge is 0.377 e. The number of hydrogen-bond acceptors (Lipinski definition) is 7. The van der Waals surface area contributed by atoms with Crippen molar-refractivity contribution in [3.05, 3.63) is 75.7 Å². The quantitative estimate of drug-likeness (QED) is 0.542. The van der Waals surface area contributed by atoms with Crippen LogP contribution in [0.5, 0.6) is 0 Å². The Morgan fingerprint density at radius 3 is 2.84 bits per heavy atom. The van der Waals surface area contributed by atoms with Crippen molar-refractivity contribution in [3.8, 4) is 0 Å². The standard InChI is InChI=1S/C29H34BN5O3/c1-18-13-33(26-12-28(36)32(3)29-25(26)5-4-8-31-29)15-27-24-7-6-19(9-21(24)14-34(18)27)20-10-22-16-38-17-23(11-20)35(22)30(2)37/h4-10,12,18,22-23,27,37H,11,13-17H2,1-3H3/t18-,22?,23?,27-/m1/s1. The van der Waals surface area contributed by atoms with Crippen LogP contribution in [0.4, 0.5) is 5.69 Å². The van der Waals surface area contributed by atoms with Crippen LogP contribution >= 0.6 is 0 Å². The molecule has 38 heavy (non-hydrogen) atoms. The molecule has 2 fully saturated rings. The van der Waals surface area contributed by atoms with Crippen molar-refractivity contribution >= 4 is 29.3 Å². The van der Waals surface area contributed by atoms with Gasteiger partial charge in [-0.1, -0.05) is 18.2 Å². The summed E-state index contributed by atoms with van der Waals surface area (Å²) in [6.45, 7) is 8.12. The van der Waals surface area contributed by atoms with Gasteiger partial charge in [0.2, 0.25) is 0 Å². The Bertz CT molecular complexity index is 1500. The highest BCUT2D eigenvalue weighted by atomic mass is 16.5. The van der Waals surface area contributed by atoms with E-state index in [1.165, 1.54) is 22.3 Å². The lowest BCUT2D eigenvalue weighted by Gasteiger charge is -2.45. The topological polar surface area (TPSA) is 74.1 Å². The molecule has 3 aromatic rings. The summed E-state index contributed by atoms with van der Waals surface area (Å²) >= 11 is 0. The number of ether oxygens (including phenoxy) is 1. The van der Waals surface area contributed by atoms with Crippen LogP contribution in [-0.2, 0) is 18.3 Å². The molecule has 2 saturated heterocycles. The number of hydrogen-bond donors (Lipinski definition) is 1. The Balaban J connectivity index is 1.20. The molecule has 0 spiro atoms. The Morgan fingerprint density at radius 1 is 1.16 bits per heavy atom. The summed E-state index contributed by atoms with van der Waals surface area (Å²) < 4.78 is 7.44. The Morgan fingerprint density at radius 2 is 2.03 bits per heavy atom. The van der Waals surface area contributed by atoms with E-state index in [1.807, 2.05) is 12.9 Å². The number of piperazine rings is 1. The minimum absolute atomic E-state index is 0.0252. The van der Waals surface area contributed by atoms with Gasteiger partial charge in [-0.25, -0.2) is 4.98 Å². The second kappa shape index (κ2) is 9.05. The highest BCUT2D eigenvalue weighted by Gasteiger charge is 2.41. The van der Waals surface area contributed by atoms with Gasteiger partial charge in [-0.15, -0.1) is 0 Å². The molecule has 0 amide bonds. The van der Waals surface area contributed by atoms with Gasteiger partial charge in [-0.05, 0) is 60.6 Å². The fourth-order valence-electron chi connectivity index (χ4n) is 7.26. The normalized spacial score (nSPS) is 27.3. The second-order valence-electron chi connectivity index (χ2n) is 11.4. The largest absolute Gasteiger partial charge is 0.437 e. The predicted octanol–water partition coefficient (Wildman–Crippen LogP) is 2.67. The van der Waals surface area contributed by atoms with Gasteiger partial charge < -0.3 is 19.5 Å². The fourth-order valence-corrected chi connectivity index (χ4v) is 7.26. The third-order valence-electron chi connectivity index (χ3n) is 9.07. The molecule has 0 aliphatic carbocycles. The van der Waals surface area contributed by atoms with Crippen LogP contribution in [0.15, 0.2) is 53.5 Å². The average molecular weight is 511 g/mol. The van der Waals surface area contributed by atoms with Gasteiger partial charge in [0.05, 0.1) is 24.9 Å². The van der Waals surface area contributed by atoms with Gasteiger partial charge in [0.15, 0.2) is 0 Å². The molecular formula is C29H34BN5O3. The predicted molar refractivity (Wildman–Crippen MR) is 150 cm³/mol. The van der Waals surface area contributed by atoms with Crippen molar-refractivity contribution in [2.75, 3.05) is 31.2 Å². The molecule has 2 bridgehead atoms. The van der Waals surface area contributed by atoms with Gasteiger partial charge in [0.25, 0.3) is 5.56 Å². The van der Waals surface area contributed by atoms with E-state index >= 15 is 0 Å². The van der Waals surface area contributed by atoms with Crippen LogP contribution in [0.1, 0.15) is 36.1 Å². The van der Waals surface area contributed by atoms with E-state index in [4.69, 9.17) is 4.74 Å². The minimum Gasteiger partial charge on any atom is -0.437 e. The molecular weight excluding hydrogens is 477 g/mol. The zero-order valence-corrected chi connectivity index (χ0v) is 22.2. The summed E-state index contributed by atoms with van der Waals surface area (Å²) in [5.74, 6) is 0. The van der Waals surface area contributed by atoms with Crippen LogP contribution in [-0.4, -0.2) is 75.8 Å². The van der Waals surface area contributed by atoms with Gasteiger partial charge in [-0.3, -0.25) is 14.3 Å². The number of rotatable bonds is 3. The van der Waals surface area contributed by atoms with Crippen molar-refractivity contribution in [3.63, 3.8) is 0 Å². The summed E-state index contributed by atoms with van der Waals surface area (Å²) in [6.07, 6.45) is 4.94. The molecule has 6 heterocycles. The first kappa shape index (κ1) is 24.1. The van der Waals surface area contributed by atoms with E-state index in [9.17, 15) is 9.82 Å². The van der Waals surface area contributed by atoms with Gasteiger partial charge in [-0.2, -0.15) is 0 Å². The summed E-state index contributed by atoms with van der Waals surface area (Å²) in [5, 5.41) is 11.3. The van der Waals surface area contributed by atoms with Crippen LogP contribution in [0.3, 0.4) is 0 Å². The molecule has 2 aromatic heterocycles. The number of nitrogens with zero attached hydrogens (tertiary/aromatic N) is 5. The summed E-state index contributed by atoms with van der Waals surface area (Å²) in [5.41, 5.74) is 7.13. The molecule has 0 radical (unpaired) electrons. The number of aromatic nitrogens is 2. The summed E-state index contributed by atoms with van der Waals surface area (Å²) in [6, 6.07) is 13.8. The Kier molecular flexibility index (Phi) is 5.74. The first-order valence-electron chi connectivity index (χ1n) is 13.7. The Hall–Kier alpha value is -2.98. The monoisotopic (exact) mass is 511 g/mol. The number of aryl methyl sites for hydroxylation is 1. The third kappa shape index (κ3) is 3.75. The summed E-state index contributed by atoms with van der Waals surface area (Å²) in [4.78, 5) is 24.5. The highest BCUT2D eigenvalue weighted by Crippen LogP contribution is 2.42. The van der Waals surface area contributed by atoms with Crippen molar-refractivity contribution in [1.29, 1.82) is 0 Å². The van der Waals surface area contributed by atoms with Gasteiger partial charge in [0, 0.05) is 62.5 Å². The highest BCUT2D eigenvalue weighted by molar-refractivity contribution is 6.45. The maximum absolute atomic E-state index is 12.8. The molecule has 1 aromatic carbocycles. The zero-order chi connectivity index (χ0) is 26.1. The number of benzene rings is 1. The first-order valence-corrected chi connectivity index (χ1v) is 13.7. The average Bonchev–Trinajstić information content (AvgIpc) is 3.28. The molecule has 4 aliphatic rings. The lowest BCUT2D eigenvalue weighted by Crippen LogP contribution is -2.59. The zero-order valence-electron chi connectivity index (χ0n) is 22.2. The molecule has 8 nitrogen and oxygen atoms in total. The number of pyridine rings is 2. The second-order valence-corrected chi connectivity index (χ2v) is 11.4. The molecule has 196 valence electrons. The lowest BCUT2D eigenvalue weighted by molar-refractivity contribution is -0.00208. The van der Waals surface area contributed by atoms with Gasteiger partial charge >= 0.3 is 7.05 Å². The molecule has 2 unspecified atom stereocenters. The maximum Gasteiger partial charge on any atom is 0.377 e. The van der Waals surface area contributed by atoms with Crippen LogP contribution in [0.25, 0.3) is 16.6 Å². The van der Waals surface area contributed by atoms with Crippen molar-refractivity contribution in [2.45, 2.75) is 50.9 Å². The number of fused-ring (bicyclic) bond motifs is 6. The van der Waals surface area contributed by atoms with E-state index in [0.717, 1.165) is 42.8 Å². The van der Waals surface area contributed by atoms with Crippen molar-refractivity contribution in [2.24, 2.45) is 7.05 Å². The maximum atomic E-state index is 12.8. The Labute approximate surface area is 223 Å². The SMILES string of the molecule is CB(O)N1C2C=C(c3ccc4c(c3)CN3[C@H](C)CN(c5cc(=O)n(C)c6ncccc56)C[C@H]43)CC1COC2. The molecule has 0 saturated carbocycles. The van der Waals surface area contributed by atoms with Crippen LogP contribution in [0, 0.1) is 0 Å². The summed E-state index contributed by atoms with van der Waals surface area (Å²) in [7, 11) is 1.32.